The van der Waals surface area contributed by atoms with Crippen LogP contribution in [0.15, 0.2) is 30.3 Å². The van der Waals surface area contributed by atoms with Crippen LogP contribution in [-0.4, -0.2) is 60.2 Å². The molecule has 26 heavy (non-hydrogen) atoms. The zero-order valence-corrected chi connectivity index (χ0v) is 15.8. The van der Waals surface area contributed by atoms with Crippen molar-refractivity contribution >= 4 is 23.2 Å². The quantitative estimate of drug-likeness (QED) is 0.819. The van der Waals surface area contributed by atoms with E-state index in [0.717, 1.165) is 13.0 Å². The number of para-hydroxylation sites is 1. The van der Waals surface area contributed by atoms with Crippen LogP contribution >= 0.6 is 0 Å². The summed E-state index contributed by atoms with van der Waals surface area (Å²) in [5.74, 6) is -0.284. The van der Waals surface area contributed by atoms with E-state index < -0.39 is 0 Å². The minimum absolute atomic E-state index is 0.0267. The summed E-state index contributed by atoms with van der Waals surface area (Å²) in [4.78, 5) is 31.6. The molecule has 1 aromatic heterocycles. The highest BCUT2D eigenvalue weighted by molar-refractivity contribution is 6.17. The van der Waals surface area contributed by atoms with Crippen molar-refractivity contribution in [1.82, 2.24) is 14.7 Å². The second-order valence-electron chi connectivity index (χ2n) is 6.84. The van der Waals surface area contributed by atoms with Gasteiger partial charge in [0.1, 0.15) is 6.54 Å². The van der Waals surface area contributed by atoms with Crippen LogP contribution in [0.1, 0.15) is 22.6 Å². The van der Waals surface area contributed by atoms with Gasteiger partial charge in [-0.3, -0.25) is 19.2 Å². The van der Waals surface area contributed by atoms with E-state index in [-0.39, 0.29) is 18.4 Å². The summed E-state index contributed by atoms with van der Waals surface area (Å²) in [6.45, 7) is 3.30. The molecule has 0 saturated carbocycles. The number of rotatable bonds is 5. The monoisotopic (exact) mass is 355 g/mol. The number of hydrogen-bond donors (Lipinski definition) is 0. The molecule has 1 aliphatic heterocycles. The molecule has 2 amide bonds. The zero-order chi connectivity index (χ0) is 18.8. The molecule has 0 unspecified atom stereocenters. The van der Waals surface area contributed by atoms with E-state index in [9.17, 15) is 9.59 Å². The molecule has 138 valence electrons. The van der Waals surface area contributed by atoms with Crippen LogP contribution in [0, 0.1) is 6.92 Å². The summed E-state index contributed by atoms with van der Waals surface area (Å²) in [6, 6.07) is 9.30. The molecule has 0 N–H and O–H groups in total. The van der Waals surface area contributed by atoms with Gasteiger partial charge in [0.05, 0.1) is 11.4 Å². The maximum absolute atomic E-state index is 13.2. The molecule has 7 nitrogen and oxygen atoms in total. The molecule has 0 saturated heterocycles. The third kappa shape index (κ3) is 3.35. The lowest BCUT2D eigenvalue weighted by molar-refractivity contribution is -0.117. The molecule has 0 fully saturated rings. The summed E-state index contributed by atoms with van der Waals surface area (Å²) in [5, 5.41) is 4.41. The first-order valence-electron chi connectivity index (χ1n) is 8.75. The zero-order valence-electron chi connectivity index (χ0n) is 15.8. The van der Waals surface area contributed by atoms with E-state index in [4.69, 9.17) is 0 Å². The number of carbonyl (C=O) groups excluding carboxylic acids is 2. The van der Waals surface area contributed by atoms with Crippen molar-refractivity contribution in [3.63, 3.8) is 0 Å². The van der Waals surface area contributed by atoms with Crippen molar-refractivity contribution < 1.29 is 9.59 Å². The van der Waals surface area contributed by atoms with Gasteiger partial charge in [-0.2, -0.15) is 5.10 Å². The van der Waals surface area contributed by atoms with Gasteiger partial charge in [-0.25, -0.2) is 0 Å². The molecule has 0 bridgehead atoms. The first-order valence-corrected chi connectivity index (χ1v) is 8.75. The first kappa shape index (κ1) is 18.1. The number of benzene rings is 1. The predicted octanol–water partition coefficient (Wildman–Crippen LogP) is 1.67. The molecule has 0 aliphatic carbocycles. The lowest BCUT2D eigenvalue weighted by atomic mass is 10.2. The van der Waals surface area contributed by atoms with Crippen molar-refractivity contribution in [3.8, 4) is 0 Å². The van der Waals surface area contributed by atoms with Gasteiger partial charge in [0.15, 0.2) is 5.69 Å². The third-order valence-electron chi connectivity index (χ3n) is 4.56. The Morgan fingerprint density at radius 1 is 1.15 bits per heavy atom. The summed E-state index contributed by atoms with van der Waals surface area (Å²) in [5.41, 5.74) is 2.51. The van der Waals surface area contributed by atoms with Crippen LogP contribution in [0.4, 0.5) is 11.4 Å². The van der Waals surface area contributed by atoms with Gasteiger partial charge in [0, 0.05) is 19.3 Å². The fourth-order valence-corrected chi connectivity index (χ4v) is 3.35. The molecule has 2 aromatic rings. The Bertz CT molecular complexity index is 813. The van der Waals surface area contributed by atoms with Crippen molar-refractivity contribution in [1.29, 1.82) is 0 Å². The largest absolute Gasteiger partial charge is 0.309 e. The Morgan fingerprint density at radius 2 is 1.85 bits per heavy atom. The summed E-state index contributed by atoms with van der Waals surface area (Å²) in [6.07, 6.45) is 0.825. The molecule has 2 heterocycles. The fraction of sp³-hybridized carbons (Fsp3) is 0.421. The molecule has 0 radical (unpaired) electrons. The van der Waals surface area contributed by atoms with E-state index in [1.54, 1.807) is 16.6 Å². The second kappa shape index (κ2) is 7.29. The molecule has 1 aliphatic rings. The lowest BCUT2D eigenvalue weighted by Crippen LogP contribution is -2.40. The van der Waals surface area contributed by atoms with E-state index >= 15 is 0 Å². The minimum Gasteiger partial charge on any atom is -0.309 e. The van der Waals surface area contributed by atoms with Gasteiger partial charge in [-0.15, -0.1) is 0 Å². The molecule has 1 aromatic carbocycles. The highest BCUT2D eigenvalue weighted by Crippen LogP contribution is 2.31. The van der Waals surface area contributed by atoms with Crippen molar-refractivity contribution in [3.05, 3.63) is 41.7 Å². The average Bonchev–Trinajstić information content (AvgIpc) is 2.84. The highest BCUT2D eigenvalue weighted by Gasteiger charge is 2.36. The summed E-state index contributed by atoms with van der Waals surface area (Å²) < 4.78 is 1.58. The van der Waals surface area contributed by atoms with Crippen LogP contribution in [0.5, 0.6) is 0 Å². The fourth-order valence-electron chi connectivity index (χ4n) is 3.35. The Morgan fingerprint density at radius 3 is 2.50 bits per heavy atom. The molecular weight excluding hydrogens is 330 g/mol. The van der Waals surface area contributed by atoms with Gasteiger partial charge in [0.2, 0.25) is 5.91 Å². The van der Waals surface area contributed by atoms with Crippen LogP contribution in [-0.2, 0) is 11.8 Å². The molecule has 0 atom stereocenters. The SMILES string of the molecule is Cc1nn(C)c2c1N(CCCN(C)C)C(=O)CN(c1ccccc1)C2=O. The number of aryl methyl sites for hydroxylation is 2. The van der Waals surface area contributed by atoms with Gasteiger partial charge >= 0.3 is 0 Å². The minimum atomic E-state index is -0.197. The van der Waals surface area contributed by atoms with Crippen molar-refractivity contribution in [2.24, 2.45) is 7.05 Å². The standard InChI is InChI=1S/C19H25N5O2/c1-14-17-18(22(4)20-14)19(26)24(15-9-6-5-7-10-15)13-16(25)23(17)12-8-11-21(2)3/h5-7,9-10H,8,11-13H2,1-4H3. The van der Waals surface area contributed by atoms with E-state index in [1.807, 2.05) is 51.4 Å². The maximum atomic E-state index is 13.2. The van der Waals surface area contributed by atoms with Crippen LogP contribution in [0.25, 0.3) is 0 Å². The van der Waals surface area contributed by atoms with Crippen LogP contribution < -0.4 is 9.80 Å². The number of nitrogens with zero attached hydrogens (tertiary/aromatic N) is 5. The topological polar surface area (TPSA) is 61.7 Å². The Hall–Kier alpha value is -2.67. The van der Waals surface area contributed by atoms with Gasteiger partial charge in [-0.1, -0.05) is 18.2 Å². The predicted molar refractivity (Wildman–Crippen MR) is 102 cm³/mol. The molecule has 0 spiro atoms. The number of amides is 2. The summed E-state index contributed by atoms with van der Waals surface area (Å²) >= 11 is 0. The van der Waals surface area contributed by atoms with Gasteiger partial charge in [-0.05, 0) is 46.1 Å². The van der Waals surface area contributed by atoms with E-state index in [1.165, 1.54) is 4.90 Å². The highest BCUT2D eigenvalue weighted by atomic mass is 16.2. The first-order chi connectivity index (χ1) is 12.4. The Labute approximate surface area is 153 Å². The van der Waals surface area contributed by atoms with Gasteiger partial charge < -0.3 is 9.80 Å². The van der Waals surface area contributed by atoms with Gasteiger partial charge in [0.25, 0.3) is 5.91 Å². The molecule has 7 heteroatoms. The average molecular weight is 355 g/mol. The third-order valence-corrected chi connectivity index (χ3v) is 4.56. The maximum Gasteiger partial charge on any atom is 0.279 e. The number of fused-ring (bicyclic) bond motifs is 1. The van der Waals surface area contributed by atoms with E-state index in [0.29, 0.717) is 29.3 Å². The molecule has 3 rings (SSSR count). The Kier molecular flexibility index (Phi) is 5.08. The number of anilines is 2. The smallest absolute Gasteiger partial charge is 0.279 e. The van der Waals surface area contributed by atoms with E-state index in [2.05, 4.69) is 10.00 Å². The molecular formula is C19H25N5O2. The Balaban J connectivity index is 2.02. The lowest BCUT2D eigenvalue weighted by Gasteiger charge is -2.23. The normalized spacial score (nSPS) is 14.8. The number of aromatic nitrogens is 2. The van der Waals surface area contributed by atoms with Crippen LogP contribution in [0.2, 0.25) is 0 Å². The number of hydrogen-bond acceptors (Lipinski definition) is 4. The summed E-state index contributed by atoms with van der Waals surface area (Å²) in [7, 11) is 5.76. The van der Waals surface area contributed by atoms with Crippen LogP contribution in [0.3, 0.4) is 0 Å². The second-order valence-corrected chi connectivity index (χ2v) is 6.84. The number of carbonyl (C=O) groups is 2. The van der Waals surface area contributed by atoms with Crippen molar-refractivity contribution in [2.45, 2.75) is 13.3 Å². The van der Waals surface area contributed by atoms with Crippen molar-refractivity contribution in [2.75, 3.05) is 43.5 Å².